The van der Waals surface area contributed by atoms with Crippen molar-refractivity contribution in [2.24, 2.45) is 0 Å². The fraction of sp³-hybridized carbons (Fsp3) is 0.161. The molecule has 0 unspecified atom stereocenters. The first-order valence-corrected chi connectivity index (χ1v) is 15.0. The van der Waals surface area contributed by atoms with Gasteiger partial charge in [0.15, 0.2) is 0 Å². The second kappa shape index (κ2) is 13.7. The summed E-state index contributed by atoms with van der Waals surface area (Å²) in [6, 6.07) is 29.8. The van der Waals surface area contributed by atoms with Crippen LogP contribution in [0.25, 0.3) is 0 Å². The zero-order chi connectivity index (χ0) is 29.4. The number of nitrogens with one attached hydrogen (secondary N) is 1. The maximum atomic E-state index is 14.2. The Morgan fingerprint density at radius 3 is 1.93 bits per heavy atom. The number of benzene rings is 4. The third kappa shape index (κ3) is 7.47. The second-order valence-electron chi connectivity index (χ2n) is 9.25. The molecule has 0 spiro atoms. The van der Waals surface area contributed by atoms with Crippen molar-refractivity contribution in [1.29, 1.82) is 0 Å². The van der Waals surface area contributed by atoms with Gasteiger partial charge in [-0.25, -0.2) is 8.42 Å². The lowest BCUT2D eigenvalue weighted by molar-refractivity contribution is -0.139. The molecule has 0 heterocycles. The van der Waals surface area contributed by atoms with E-state index >= 15 is 0 Å². The van der Waals surface area contributed by atoms with E-state index in [-0.39, 0.29) is 34.5 Å². The summed E-state index contributed by atoms with van der Waals surface area (Å²) >= 11 is 12.6. The van der Waals surface area contributed by atoms with Gasteiger partial charge in [-0.05, 0) is 41.5 Å². The van der Waals surface area contributed by atoms with E-state index in [1.807, 2.05) is 60.7 Å². The van der Waals surface area contributed by atoms with Crippen LogP contribution in [0, 0.1) is 0 Å². The summed E-state index contributed by atoms with van der Waals surface area (Å²) in [6.07, 6.45) is 0.228. The van der Waals surface area contributed by atoms with Gasteiger partial charge in [-0.15, -0.1) is 0 Å². The van der Waals surface area contributed by atoms with Crippen molar-refractivity contribution in [1.82, 2.24) is 10.2 Å². The molecule has 0 aromatic heterocycles. The molecular formula is C31H29Cl2N3O4S. The lowest BCUT2D eigenvalue weighted by atomic mass is 10.0. The third-order valence-corrected chi connectivity index (χ3v) is 8.81. The molecule has 4 rings (SSSR count). The van der Waals surface area contributed by atoms with Crippen molar-refractivity contribution in [3.63, 3.8) is 0 Å². The summed E-state index contributed by atoms with van der Waals surface area (Å²) in [5, 5.41) is 3.04. The molecule has 0 aliphatic heterocycles. The highest BCUT2D eigenvalue weighted by Crippen LogP contribution is 2.33. The molecule has 0 saturated carbocycles. The summed E-state index contributed by atoms with van der Waals surface area (Å²) in [7, 11) is -2.74. The number of rotatable bonds is 11. The molecule has 0 fully saturated rings. The molecule has 4 aromatic carbocycles. The fourth-order valence-electron chi connectivity index (χ4n) is 4.42. The molecule has 0 aliphatic rings. The lowest BCUT2D eigenvalue weighted by Crippen LogP contribution is -2.53. The van der Waals surface area contributed by atoms with Crippen LogP contribution >= 0.6 is 23.2 Å². The lowest BCUT2D eigenvalue weighted by Gasteiger charge is -2.33. The normalized spacial score (nSPS) is 11.9. The largest absolute Gasteiger partial charge is 0.357 e. The van der Waals surface area contributed by atoms with Gasteiger partial charge >= 0.3 is 0 Å². The van der Waals surface area contributed by atoms with Gasteiger partial charge < -0.3 is 10.2 Å². The Morgan fingerprint density at radius 2 is 1.37 bits per heavy atom. The zero-order valence-corrected chi connectivity index (χ0v) is 24.6. The van der Waals surface area contributed by atoms with Gasteiger partial charge in [-0.1, -0.05) is 102 Å². The number of anilines is 1. The van der Waals surface area contributed by atoms with Gasteiger partial charge in [0, 0.05) is 25.0 Å². The van der Waals surface area contributed by atoms with E-state index in [2.05, 4.69) is 5.32 Å². The number of carbonyl (C=O) groups is 2. The third-order valence-electron chi connectivity index (χ3n) is 6.50. The van der Waals surface area contributed by atoms with Crippen LogP contribution in [0.3, 0.4) is 0 Å². The van der Waals surface area contributed by atoms with Gasteiger partial charge in [0.25, 0.3) is 10.0 Å². The number of hydrogen-bond acceptors (Lipinski definition) is 4. The van der Waals surface area contributed by atoms with Gasteiger partial charge in [-0.3, -0.25) is 13.9 Å². The molecule has 41 heavy (non-hydrogen) atoms. The summed E-state index contributed by atoms with van der Waals surface area (Å²) < 4.78 is 28.8. The van der Waals surface area contributed by atoms with Crippen LogP contribution in [0.4, 0.5) is 5.69 Å². The number of sulfonamides is 1. The molecule has 0 aliphatic carbocycles. The van der Waals surface area contributed by atoms with Gasteiger partial charge in [-0.2, -0.15) is 0 Å². The van der Waals surface area contributed by atoms with Crippen LogP contribution in [-0.2, 0) is 32.6 Å². The average Bonchev–Trinajstić information content (AvgIpc) is 2.99. The van der Waals surface area contributed by atoms with Crippen LogP contribution in [0.1, 0.15) is 11.1 Å². The maximum absolute atomic E-state index is 14.2. The molecule has 212 valence electrons. The van der Waals surface area contributed by atoms with Crippen LogP contribution in [0.2, 0.25) is 10.0 Å². The smallest absolute Gasteiger partial charge is 0.264 e. The predicted octanol–water partition coefficient (Wildman–Crippen LogP) is 5.57. The number of likely N-dealkylation sites (N-methyl/N-ethyl adjacent to an activating group) is 1. The number of hydrogen-bond donors (Lipinski definition) is 1. The number of amides is 2. The molecule has 10 heteroatoms. The first-order valence-electron chi connectivity index (χ1n) is 12.8. The van der Waals surface area contributed by atoms with E-state index in [0.717, 1.165) is 15.4 Å². The second-order valence-corrected chi connectivity index (χ2v) is 12.0. The molecule has 1 N–H and O–H groups in total. The first kappa shape index (κ1) is 30.1. The molecule has 4 aromatic rings. The minimum Gasteiger partial charge on any atom is -0.357 e. The Morgan fingerprint density at radius 1 is 0.805 bits per heavy atom. The highest BCUT2D eigenvalue weighted by atomic mass is 35.5. The predicted molar refractivity (Wildman–Crippen MR) is 162 cm³/mol. The van der Waals surface area contributed by atoms with E-state index in [9.17, 15) is 18.0 Å². The minimum absolute atomic E-state index is 0.0134. The minimum atomic E-state index is -4.24. The molecular weight excluding hydrogens is 581 g/mol. The molecule has 1 atom stereocenters. The fourth-order valence-corrected chi connectivity index (χ4v) is 6.43. The molecule has 0 saturated heterocycles. The van der Waals surface area contributed by atoms with E-state index in [1.165, 1.54) is 42.3 Å². The van der Waals surface area contributed by atoms with E-state index in [0.29, 0.717) is 5.02 Å². The Labute approximate surface area is 250 Å². The van der Waals surface area contributed by atoms with Crippen LogP contribution in [0.15, 0.2) is 114 Å². The van der Waals surface area contributed by atoms with Crippen molar-refractivity contribution in [3.05, 3.63) is 130 Å². The van der Waals surface area contributed by atoms with Gasteiger partial charge in [0.2, 0.25) is 11.8 Å². The number of halogens is 2. The Balaban J connectivity index is 1.79. The van der Waals surface area contributed by atoms with Crippen molar-refractivity contribution < 1.29 is 18.0 Å². The van der Waals surface area contributed by atoms with Crippen LogP contribution in [-0.4, -0.2) is 44.8 Å². The summed E-state index contributed by atoms with van der Waals surface area (Å²) in [4.78, 5) is 28.9. The average molecular weight is 611 g/mol. The van der Waals surface area contributed by atoms with E-state index in [4.69, 9.17) is 23.2 Å². The summed E-state index contributed by atoms with van der Waals surface area (Å²) in [5.74, 6) is -0.955. The highest BCUT2D eigenvalue weighted by Gasteiger charge is 2.35. The van der Waals surface area contributed by atoms with Crippen LogP contribution < -0.4 is 9.62 Å². The SMILES string of the molecule is CNC(=O)[C@H](Cc1ccccc1)N(Cc1ccccc1)C(=O)CN(c1ccc(Cl)cc1Cl)S(=O)(=O)c1ccccc1. The first-order chi connectivity index (χ1) is 19.7. The van der Waals surface area contributed by atoms with E-state index in [1.54, 1.807) is 18.2 Å². The Hall–Kier alpha value is -3.85. The van der Waals surface area contributed by atoms with Gasteiger partial charge in [0.1, 0.15) is 12.6 Å². The zero-order valence-electron chi connectivity index (χ0n) is 22.3. The maximum Gasteiger partial charge on any atom is 0.264 e. The Kier molecular flexibility index (Phi) is 10.0. The van der Waals surface area contributed by atoms with Crippen molar-refractivity contribution in [3.8, 4) is 0 Å². The van der Waals surface area contributed by atoms with E-state index < -0.39 is 28.5 Å². The molecule has 2 amide bonds. The monoisotopic (exact) mass is 609 g/mol. The Bertz CT molecular complexity index is 1590. The number of nitrogens with zero attached hydrogens (tertiary/aromatic N) is 2. The van der Waals surface area contributed by atoms with Crippen molar-refractivity contribution in [2.75, 3.05) is 17.9 Å². The number of carbonyl (C=O) groups excluding carboxylic acids is 2. The van der Waals surface area contributed by atoms with Crippen molar-refractivity contribution in [2.45, 2.75) is 23.9 Å². The van der Waals surface area contributed by atoms with Gasteiger partial charge in [0.05, 0.1) is 15.6 Å². The standard InChI is InChI=1S/C31H29Cl2N3O4S/c1-34-31(38)29(19-23-11-5-2-6-12-23)35(21-24-13-7-3-8-14-24)30(37)22-36(28-18-17-25(32)20-27(28)33)41(39,40)26-15-9-4-10-16-26/h2-18,20,29H,19,21-22H2,1H3,(H,34,38)/t29-/m0/s1. The molecule has 0 bridgehead atoms. The summed E-state index contributed by atoms with van der Waals surface area (Å²) in [5.41, 5.74) is 1.72. The molecule has 0 radical (unpaired) electrons. The quantitative estimate of drug-likeness (QED) is 0.241. The highest BCUT2D eigenvalue weighted by molar-refractivity contribution is 7.92. The molecule has 7 nitrogen and oxygen atoms in total. The summed E-state index contributed by atoms with van der Waals surface area (Å²) in [6.45, 7) is -0.522. The van der Waals surface area contributed by atoms with Crippen LogP contribution in [0.5, 0.6) is 0 Å². The van der Waals surface area contributed by atoms with Crippen molar-refractivity contribution >= 4 is 50.7 Å². The topological polar surface area (TPSA) is 86.8 Å².